The highest BCUT2D eigenvalue weighted by Crippen LogP contribution is 2.37. The van der Waals surface area contributed by atoms with Crippen LogP contribution in [0.4, 0.5) is 0 Å². The fourth-order valence-corrected chi connectivity index (χ4v) is 3.10. The largest absolute Gasteiger partial charge is 0.489 e. The van der Waals surface area contributed by atoms with Gasteiger partial charge in [-0.15, -0.1) is 9.36 Å². The van der Waals surface area contributed by atoms with Crippen LogP contribution in [0.2, 0.25) is 0 Å². The molecule has 1 heterocycles. The number of hydrogen-bond acceptors (Lipinski definition) is 1. The van der Waals surface area contributed by atoms with Gasteiger partial charge in [0, 0.05) is 5.56 Å². The Morgan fingerprint density at radius 3 is 2.00 bits per heavy atom. The number of rotatable bonds is 5. The molecule has 0 aliphatic carbocycles. The van der Waals surface area contributed by atoms with Gasteiger partial charge in [0.15, 0.2) is 12.7 Å². The lowest BCUT2D eigenvalue weighted by atomic mass is 10.1. The van der Waals surface area contributed by atoms with Crippen molar-refractivity contribution in [3.05, 3.63) is 60.7 Å². The summed E-state index contributed by atoms with van der Waals surface area (Å²) in [5.41, 5.74) is 4.59. The predicted octanol–water partition coefficient (Wildman–Crippen LogP) is 4.07. The van der Waals surface area contributed by atoms with E-state index in [2.05, 4.69) is 71.9 Å². The number of hydrogen-bond donors (Lipinski definition) is 0. The summed E-state index contributed by atoms with van der Waals surface area (Å²) in [7, 11) is 3.86. The Kier molecular flexibility index (Phi) is 4.47. The summed E-state index contributed by atoms with van der Waals surface area (Å²) >= 11 is 0. The van der Waals surface area contributed by atoms with Crippen LogP contribution in [0.5, 0.6) is 5.75 Å². The quantitative estimate of drug-likeness (QED) is 0.650. The van der Waals surface area contributed by atoms with Crippen molar-refractivity contribution in [3.8, 4) is 28.3 Å². The summed E-state index contributed by atoms with van der Waals surface area (Å²) in [5, 5.41) is 0. The molecular weight excluding hydrogens is 284 g/mol. The maximum atomic E-state index is 5.85. The lowest BCUT2D eigenvalue weighted by Gasteiger charge is -2.05. The summed E-state index contributed by atoms with van der Waals surface area (Å²) in [6, 6.07) is 20.9. The van der Waals surface area contributed by atoms with Gasteiger partial charge in [-0.25, -0.2) is 0 Å². The van der Waals surface area contributed by atoms with Crippen LogP contribution in [0.15, 0.2) is 60.7 Å². The van der Waals surface area contributed by atoms with Crippen molar-refractivity contribution in [1.29, 1.82) is 0 Å². The van der Waals surface area contributed by atoms with E-state index in [0.29, 0.717) is 0 Å². The second kappa shape index (κ2) is 6.69. The Hall–Kier alpha value is -2.55. The van der Waals surface area contributed by atoms with E-state index in [1.54, 1.807) is 7.11 Å². The van der Waals surface area contributed by atoms with Crippen molar-refractivity contribution in [3.63, 3.8) is 0 Å². The smallest absolute Gasteiger partial charge is 0.280 e. The van der Waals surface area contributed by atoms with Crippen LogP contribution in [0, 0.1) is 0 Å². The van der Waals surface area contributed by atoms with Crippen molar-refractivity contribution in [1.82, 2.24) is 4.68 Å². The molecular formula is C20H23N2O+. The molecule has 0 radical (unpaired) electrons. The minimum Gasteiger partial charge on any atom is -0.489 e. The van der Waals surface area contributed by atoms with Gasteiger partial charge in [-0.05, 0) is 18.6 Å². The lowest BCUT2D eigenvalue weighted by Crippen LogP contribution is -2.40. The third-order valence-corrected chi connectivity index (χ3v) is 4.11. The number of methoxy groups -OCH3 is 1. The molecule has 118 valence electrons. The Bertz CT molecular complexity index is 776. The molecule has 0 amide bonds. The predicted molar refractivity (Wildman–Crippen MR) is 93.3 cm³/mol. The molecule has 0 saturated carbocycles. The molecule has 3 aromatic rings. The van der Waals surface area contributed by atoms with Gasteiger partial charge in [0.2, 0.25) is 5.75 Å². The fourth-order valence-electron chi connectivity index (χ4n) is 3.10. The summed E-state index contributed by atoms with van der Waals surface area (Å²) in [5.74, 6) is 0.929. The molecule has 2 aromatic carbocycles. The summed E-state index contributed by atoms with van der Waals surface area (Å²) in [4.78, 5) is 0. The van der Waals surface area contributed by atoms with Crippen LogP contribution < -0.4 is 9.42 Å². The van der Waals surface area contributed by atoms with Crippen LogP contribution in [0.1, 0.15) is 13.3 Å². The first kappa shape index (κ1) is 15.3. The van der Waals surface area contributed by atoms with E-state index in [-0.39, 0.29) is 0 Å². The summed E-state index contributed by atoms with van der Waals surface area (Å²) in [6.45, 7) is 3.15. The number of aromatic nitrogens is 2. The van der Waals surface area contributed by atoms with Gasteiger partial charge in [0.1, 0.15) is 0 Å². The maximum Gasteiger partial charge on any atom is 0.280 e. The molecule has 0 aliphatic heterocycles. The summed E-state index contributed by atoms with van der Waals surface area (Å²) < 4.78 is 10.4. The van der Waals surface area contributed by atoms with Gasteiger partial charge in [-0.3, -0.25) is 0 Å². The van der Waals surface area contributed by atoms with Crippen LogP contribution in [0.25, 0.3) is 22.5 Å². The number of ether oxygens (including phenoxy) is 1. The Labute approximate surface area is 137 Å². The van der Waals surface area contributed by atoms with Crippen molar-refractivity contribution in [2.75, 3.05) is 7.11 Å². The highest BCUT2D eigenvalue weighted by molar-refractivity contribution is 5.76. The van der Waals surface area contributed by atoms with E-state index >= 15 is 0 Å². The molecule has 3 rings (SSSR count). The van der Waals surface area contributed by atoms with E-state index in [9.17, 15) is 0 Å². The zero-order chi connectivity index (χ0) is 16.2. The maximum absolute atomic E-state index is 5.85. The molecule has 0 N–H and O–H groups in total. The van der Waals surface area contributed by atoms with E-state index in [1.165, 1.54) is 11.1 Å². The van der Waals surface area contributed by atoms with Crippen molar-refractivity contribution in [2.45, 2.75) is 19.9 Å². The lowest BCUT2D eigenvalue weighted by molar-refractivity contribution is -0.743. The van der Waals surface area contributed by atoms with Crippen LogP contribution in [-0.4, -0.2) is 11.8 Å². The molecule has 1 aromatic heterocycles. The van der Waals surface area contributed by atoms with Gasteiger partial charge in [0.25, 0.3) is 5.69 Å². The van der Waals surface area contributed by atoms with Gasteiger partial charge in [-0.2, -0.15) is 0 Å². The molecule has 3 nitrogen and oxygen atoms in total. The molecule has 0 fully saturated rings. The topological polar surface area (TPSA) is 18.0 Å². The molecule has 0 bridgehead atoms. The first-order valence-electron chi connectivity index (χ1n) is 8.05. The zero-order valence-corrected chi connectivity index (χ0v) is 14.0. The van der Waals surface area contributed by atoms with E-state index in [4.69, 9.17) is 4.74 Å². The van der Waals surface area contributed by atoms with Gasteiger partial charge in [0.05, 0.1) is 19.2 Å². The van der Waals surface area contributed by atoms with Crippen LogP contribution in [-0.2, 0) is 13.6 Å². The SMILES string of the molecule is CCCn1c(-c2ccccc2)c(OC)c(-c2ccccc2)[n+]1C. The molecule has 0 saturated heterocycles. The second-order valence-electron chi connectivity index (χ2n) is 5.61. The minimum absolute atomic E-state index is 0.929. The molecule has 3 heteroatoms. The normalized spacial score (nSPS) is 10.7. The minimum atomic E-state index is 0.929. The molecule has 23 heavy (non-hydrogen) atoms. The number of nitrogens with zero attached hydrogens (tertiary/aromatic N) is 2. The first-order valence-corrected chi connectivity index (χ1v) is 8.05. The molecule has 0 atom stereocenters. The van der Waals surface area contributed by atoms with Gasteiger partial charge in [-0.1, -0.05) is 55.5 Å². The second-order valence-corrected chi connectivity index (χ2v) is 5.61. The standard InChI is InChI=1S/C20H23N2O/c1-4-15-22-19(17-13-9-6-10-14-17)20(23-3)18(21(22)2)16-11-7-5-8-12-16/h5-14H,4,15H2,1-3H3/q+1. The third-order valence-electron chi connectivity index (χ3n) is 4.11. The zero-order valence-electron chi connectivity index (χ0n) is 14.0. The third kappa shape index (κ3) is 2.74. The average molecular weight is 307 g/mol. The first-order chi connectivity index (χ1) is 11.3. The van der Waals surface area contributed by atoms with Crippen molar-refractivity contribution in [2.24, 2.45) is 7.05 Å². The van der Waals surface area contributed by atoms with Crippen LogP contribution in [0.3, 0.4) is 0 Å². The highest BCUT2D eigenvalue weighted by Gasteiger charge is 2.30. The van der Waals surface area contributed by atoms with Crippen LogP contribution >= 0.6 is 0 Å². The van der Waals surface area contributed by atoms with Crippen molar-refractivity contribution < 1.29 is 9.42 Å². The Morgan fingerprint density at radius 1 is 0.913 bits per heavy atom. The van der Waals surface area contributed by atoms with E-state index in [1.807, 2.05) is 12.1 Å². The van der Waals surface area contributed by atoms with E-state index in [0.717, 1.165) is 30.1 Å². The monoisotopic (exact) mass is 307 g/mol. The average Bonchev–Trinajstić information content (AvgIpc) is 2.89. The van der Waals surface area contributed by atoms with Gasteiger partial charge < -0.3 is 4.74 Å². The van der Waals surface area contributed by atoms with E-state index < -0.39 is 0 Å². The molecule has 0 unspecified atom stereocenters. The Morgan fingerprint density at radius 2 is 1.48 bits per heavy atom. The Balaban J connectivity index is 2.30. The fraction of sp³-hybridized carbons (Fsp3) is 0.250. The molecule has 0 spiro atoms. The molecule has 0 aliphatic rings. The number of benzene rings is 2. The van der Waals surface area contributed by atoms with Crippen molar-refractivity contribution >= 4 is 0 Å². The summed E-state index contributed by atoms with van der Waals surface area (Å²) in [6.07, 6.45) is 1.07. The van der Waals surface area contributed by atoms with Gasteiger partial charge >= 0.3 is 0 Å². The highest BCUT2D eigenvalue weighted by atomic mass is 16.5.